The molecule has 148 valence electrons. The minimum Gasteiger partial charge on any atom is -0.377 e. The topological polar surface area (TPSA) is 51.8 Å². The molecule has 0 saturated carbocycles. The Morgan fingerprint density at radius 2 is 1.26 bits per heavy atom. The van der Waals surface area contributed by atoms with Gasteiger partial charge in [0.1, 0.15) is 0 Å². The zero-order chi connectivity index (χ0) is 19.4. The summed E-state index contributed by atoms with van der Waals surface area (Å²) in [6, 6.07) is 22.1. The molecule has 0 aromatic heterocycles. The summed E-state index contributed by atoms with van der Waals surface area (Å²) in [5.74, 6) is 0. The molecule has 0 aliphatic carbocycles. The van der Waals surface area contributed by atoms with E-state index in [1.54, 1.807) is 21.3 Å². The van der Waals surface area contributed by atoms with Gasteiger partial charge >= 0.3 is 8.80 Å². The molecule has 2 rings (SSSR count). The third-order valence-electron chi connectivity index (χ3n) is 4.69. The second kappa shape index (κ2) is 12.0. The van der Waals surface area contributed by atoms with E-state index >= 15 is 0 Å². The molecule has 5 nitrogen and oxygen atoms in total. The van der Waals surface area contributed by atoms with Gasteiger partial charge in [0.25, 0.3) is 0 Å². The van der Waals surface area contributed by atoms with Gasteiger partial charge in [0.15, 0.2) is 0 Å². The first-order valence-corrected chi connectivity index (χ1v) is 11.4. The molecule has 0 unspecified atom stereocenters. The Balaban J connectivity index is 1.77. The van der Waals surface area contributed by atoms with Crippen LogP contribution in [0.3, 0.4) is 0 Å². The Kier molecular flexibility index (Phi) is 9.69. The highest BCUT2D eigenvalue weighted by molar-refractivity contribution is 6.60. The fourth-order valence-corrected chi connectivity index (χ4v) is 4.86. The van der Waals surface area contributed by atoms with Gasteiger partial charge in [-0.3, -0.25) is 0 Å². The minimum atomic E-state index is -2.45. The monoisotopic (exact) mass is 388 g/mol. The Bertz CT molecular complexity index is 576. The molecule has 0 bridgehead atoms. The normalized spacial score (nSPS) is 11.9. The van der Waals surface area contributed by atoms with Gasteiger partial charge in [-0.1, -0.05) is 60.7 Å². The lowest BCUT2D eigenvalue weighted by atomic mass is 9.99. The van der Waals surface area contributed by atoms with Crippen molar-refractivity contribution in [3.63, 3.8) is 0 Å². The molecule has 0 amide bonds. The maximum Gasteiger partial charge on any atom is 0.500 e. The summed E-state index contributed by atoms with van der Waals surface area (Å²) < 4.78 is 16.3. The Hall–Kier alpha value is -1.54. The van der Waals surface area contributed by atoms with Crippen molar-refractivity contribution < 1.29 is 13.3 Å². The third kappa shape index (κ3) is 6.84. The molecule has 0 aliphatic rings. The first kappa shape index (κ1) is 21.8. The van der Waals surface area contributed by atoms with E-state index in [1.807, 2.05) is 0 Å². The molecule has 0 atom stereocenters. The number of hydrogen-bond donors (Lipinski definition) is 2. The maximum absolute atomic E-state index is 5.45. The average molecular weight is 389 g/mol. The standard InChI is InChI=1S/C21H32N2O3Si/c1-24-27(25-2,26-3)18-10-15-22-16-17-23-21(19-11-6-4-7-12-19)20-13-8-5-9-14-20/h4-9,11-14,21-23H,10,15-18H2,1-3H3. The van der Waals surface area contributed by atoms with Crippen molar-refractivity contribution in [2.24, 2.45) is 0 Å². The van der Waals surface area contributed by atoms with Crippen LogP contribution in [-0.2, 0) is 13.3 Å². The van der Waals surface area contributed by atoms with Gasteiger partial charge in [0, 0.05) is 40.5 Å². The van der Waals surface area contributed by atoms with E-state index in [2.05, 4.69) is 71.3 Å². The van der Waals surface area contributed by atoms with Crippen LogP contribution in [-0.4, -0.2) is 49.8 Å². The van der Waals surface area contributed by atoms with Crippen LogP contribution in [0.15, 0.2) is 60.7 Å². The van der Waals surface area contributed by atoms with Crippen LogP contribution in [0.25, 0.3) is 0 Å². The lowest BCUT2D eigenvalue weighted by Gasteiger charge is -2.24. The second-order valence-corrected chi connectivity index (χ2v) is 9.45. The highest BCUT2D eigenvalue weighted by atomic mass is 28.4. The molecule has 0 spiro atoms. The zero-order valence-electron chi connectivity index (χ0n) is 16.6. The van der Waals surface area contributed by atoms with E-state index in [-0.39, 0.29) is 6.04 Å². The van der Waals surface area contributed by atoms with Gasteiger partial charge in [0.2, 0.25) is 0 Å². The summed E-state index contributed by atoms with van der Waals surface area (Å²) in [4.78, 5) is 0. The van der Waals surface area contributed by atoms with Crippen molar-refractivity contribution in [1.82, 2.24) is 10.6 Å². The highest BCUT2D eigenvalue weighted by Crippen LogP contribution is 2.21. The summed E-state index contributed by atoms with van der Waals surface area (Å²) in [5, 5.41) is 7.15. The largest absolute Gasteiger partial charge is 0.500 e. The third-order valence-corrected chi connectivity index (χ3v) is 7.52. The molecule has 2 aromatic carbocycles. The molecule has 0 saturated heterocycles. The van der Waals surface area contributed by atoms with Gasteiger partial charge in [-0.25, -0.2) is 0 Å². The summed E-state index contributed by atoms with van der Waals surface area (Å²) in [6.45, 7) is 2.70. The first-order chi connectivity index (χ1) is 13.2. The van der Waals surface area contributed by atoms with Gasteiger partial charge in [0.05, 0.1) is 6.04 Å². The van der Waals surface area contributed by atoms with E-state index in [9.17, 15) is 0 Å². The SMILES string of the molecule is CO[Si](CCCNCCNC(c1ccccc1)c1ccccc1)(OC)OC. The minimum absolute atomic E-state index is 0.199. The van der Waals surface area contributed by atoms with Crippen LogP contribution >= 0.6 is 0 Å². The molecule has 0 heterocycles. The van der Waals surface area contributed by atoms with Crippen molar-refractivity contribution in [3.05, 3.63) is 71.8 Å². The van der Waals surface area contributed by atoms with Crippen LogP contribution in [0.1, 0.15) is 23.6 Å². The van der Waals surface area contributed by atoms with Crippen LogP contribution in [0, 0.1) is 0 Å². The van der Waals surface area contributed by atoms with Crippen LogP contribution < -0.4 is 10.6 Å². The summed E-state index contributed by atoms with van der Waals surface area (Å²) >= 11 is 0. The number of rotatable bonds is 13. The van der Waals surface area contributed by atoms with E-state index in [4.69, 9.17) is 13.3 Å². The predicted molar refractivity (Wildman–Crippen MR) is 112 cm³/mol. The van der Waals surface area contributed by atoms with E-state index < -0.39 is 8.80 Å². The molecular formula is C21H32N2O3Si. The number of hydrogen-bond acceptors (Lipinski definition) is 5. The lowest BCUT2D eigenvalue weighted by molar-refractivity contribution is 0.123. The average Bonchev–Trinajstić information content (AvgIpc) is 2.74. The Labute approximate surface area is 164 Å². The van der Waals surface area contributed by atoms with Crippen molar-refractivity contribution in [2.45, 2.75) is 18.5 Å². The van der Waals surface area contributed by atoms with E-state index in [1.165, 1.54) is 11.1 Å². The van der Waals surface area contributed by atoms with Crippen molar-refractivity contribution in [2.75, 3.05) is 41.0 Å². The van der Waals surface area contributed by atoms with Crippen molar-refractivity contribution in [1.29, 1.82) is 0 Å². The van der Waals surface area contributed by atoms with Gasteiger partial charge < -0.3 is 23.9 Å². The number of nitrogens with one attached hydrogen (secondary N) is 2. The van der Waals surface area contributed by atoms with Gasteiger partial charge in [-0.15, -0.1) is 0 Å². The van der Waals surface area contributed by atoms with Gasteiger partial charge in [-0.2, -0.15) is 0 Å². The summed E-state index contributed by atoms with van der Waals surface area (Å²) in [5.41, 5.74) is 2.56. The van der Waals surface area contributed by atoms with E-state index in [0.717, 1.165) is 32.1 Å². The quantitative estimate of drug-likeness (QED) is 0.408. The first-order valence-electron chi connectivity index (χ1n) is 9.44. The molecule has 2 aromatic rings. The van der Waals surface area contributed by atoms with Crippen LogP contribution in [0.5, 0.6) is 0 Å². The van der Waals surface area contributed by atoms with Crippen molar-refractivity contribution >= 4 is 8.80 Å². The second-order valence-electron chi connectivity index (χ2n) is 6.36. The van der Waals surface area contributed by atoms with Crippen LogP contribution in [0.4, 0.5) is 0 Å². The smallest absolute Gasteiger partial charge is 0.377 e. The fraction of sp³-hybridized carbons (Fsp3) is 0.429. The summed E-state index contributed by atoms with van der Waals surface area (Å²) in [7, 11) is 2.52. The Morgan fingerprint density at radius 1 is 0.741 bits per heavy atom. The zero-order valence-corrected chi connectivity index (χ0v) is 17.6. The molecule has 2 N–H and O–H groups in total. The molecule has 0 fully saturated rings. The predicted octanol–water partition coefficient (Wildman–Crippen LogP) is 3.22. The Morgan fingerprint density at radius 3 is 1.74 bits per heavy atom. The molecule has 6 heteroatoms. The molecular weight excluding hydrogens is 356 g/mol. The molecule has 27 heavy (non-hydrogen) atoms. The van der Waals surface area contributed by atoms with Crippen molar-refractivity contribution in [3.8, 4) is 0 Å². The lowest BCUT2D eigenvalue weighted by Crippen LogP contribution is -2.43. The fourth-order valence-electron chi connectivity index (χ4n) is 3.14. The summed E-state index contributed by atoms with van der Waals surface area (Å²) in [6.07, 6.45) is 0.961. The van der Waals surface area contributed by atoms with E-state index in [0.29, 0.717) is 0 Å². The van der Waals surface area contributed by atoms with Crippen LogP contribution in [0.2, 0.25) is 6.04 Å². The molecule has 0 radical (unpaired) electrons. The van der Waals surface area contributed by atoms with Gasteiger partial charge in [-0.05, 0) is 24.1 Å². The maximum atomic E-state index is 5.45. The highest BCUT2D eigenvalue weighted by Gasteiger charge is 2.36. The molecule has 0 aliphatic heterocycles. The number of benzene rings is 2.